The molecular weight excluding hydrogens is 332 g/mol. The van der Waals surface area contributed by atoms with Gasteiger partial charge in [0.05, 0.1) is 5.56 Å². The number of esters is 1. The molecule has 0 amide bonds. The summed E-state index contributed by atoms with van der Waals surface area (Å²) in [7, 11) is 0. The minimum Gasteiger partial charge on any atom is -0.489 e. The SMILES string of the molecule is CCCc1noc(COC(=O)c2ccc(OCc3ccccc3)cc2)n1. The van der Waals surface area contributed by atoms with E-state index in [0.717, 1.165) is 18.4 Å². The molecule has 0 fully saturated rings. The number of rotatable bonds is 8. The largest absolute Gasteiger partial charge is 0.489 e. The lowest BCUT2D eigenvalue weighted by Gasteiger charge is -2.07. The summed E-state index contributed by atoms with van der Waals surface area (Å²) in [6, 6.07) is 16.7. The lowest BCUT2D eigenvalue weighted by Crippen LogP contribution is -2.05. The van der Waals surface area contributed by atoms with Crippen LogP contribution in [0.25, 0.3) is 0 Å². The Labute approximate surface area is 151 Å². The Morgan fingerprint density at radius 3 is 2.54 bits per heavy atom. The van der Waals surface area contributed by atoms with E-state index in [1.54, 1.807) is 24.3 Å². The minimum absolute atomic E-state index is 0.0399. The number of hydrogen-bond donors (Lipinski definition) is 0. The number of benzene rings is 2. The van der Waals surface area contributed by atoms with Crippen molar-refractivity contribution in [3.63, 3.8) is 0 Å². The van der Waals surface area contributed by atoms with Crippen LogP contribution >= 0.6 is 0 Å². The van der Waals surface area contributed by atoms with Crippen molar-refractivity contribution in [3.8, 4) is 5.75 Å². The third-order valence-electron chi connectivity index (χ3n) is 3.65. The zero-order chi connectivity index (χ0) is 18.2. The summed E-state index contributed by atoms with van der Waals surface area (Å²) in [6.45, 7) is 2.47. The molecule has 2 aromatic carbocycles. The van der Waals surface area contributed by atoms with Crippen LogP contribution in [0.2, 0.25) is 0 Å². The van der Waals surface area contributed by atoms with Crippen molar-refractivity contribution in [3.05, 3.63) is 77.4 Å². The molecule has 0 unspecified atom stereocenters. The van der Waals surface area contributed by atoms with E-state index in [1.807, 2.05) is 37.3 Å². The highest BCUT2D eigenvalue weighted by molar-refractivity contribution is 5.89. The van der Waals surface area contributed by atoms with Crippen molar-refractivity contribution >= 4 is 5.97 Å². The van der Waals surface area contributed by atoms with Gasteiger partial charge < -0.3 is 14.0 Å². The smallest absolute Gasteiger partial charge is 0.338 e. The molecule has 6 heteroatoms. The summed E-state index contributed by atoms with van der Waals surface area (Å²) < 4.78 is 15.9. The van der Waals surface area contributed by atoms with Crippen LogP contribution in [0.4, 0.5) is 0 Å². The average Bonchev–Trinajstić information content (AvgIpc) is 3.13. The van der Waals surface area contributed by atoms with Gasteiger partial charge in [-0.05, 0) is 36.2 Å². The fourth-order valence-corrected chi connectivity index (χ4v) is 2.31. The van der Waals surface area contributed by atoms with E-state index >= 15 is 0 Å². The van der Waals surface area contributed by atoms with Crippen LogP contribution in [0.1, 0.15) is 41.0 Å². The van der Waals surface area contributed by atoms with Gasteiger partial charge in [-0.1, -0.05) is 42.4 Å². The first-order chi connectivity index (χ1) is 12.7. The lowest BCUT2D eigenvalue weighted by molar-refractivity contribution is 0.0430. The van der Waals surface area contributed by atoms with Crippen LogP contribution in [0.15, 0.2) is 59.1 Å². The summed E-state index contributed by atoms with van der Waals surface area (Å²) >= 11 is 0. The van der Waals surface area contributed by atoms with Gasteiger partial charge in [0, 0.05) is 6.42 Å². The Kier molecular flexibility index (Phi) is 5.98. The quantitative estimate of drug-likeness (QED) is 0.571. The summed E-state index contributed by atoms with van der Waals surface area (Å²) in [5.41, 5.74) is 1.52. The second-order valence-electron chi connectivity index (χ2n) is 5.73. The number of hydrogen-bond acceptors (Lipinski definition) is 6. The average molecular weight is 352 g/mol. The van der Waals surface area contributed by atoms with Gasteiger partial charge in [-0.3, -0.25) is 0 Å². The van der Waals surface area contributed by atoms with Crippen LogP contribution in [-0.2, 0) is 24.4 Å². The zero-order valence-electron chi connectivity index (χ0n) is 14.6. The predicted molar refractivity (Wildman–Crippen MR) is 94.6 cm³/mol. The molecule has 0 aliphatic heterocycles. The first kappa shape index (κ1) is 17.7. The molecule has 0 saturated carbocycles. The van der Waals surface area contributed by atoms with Gasteiger partial charge in [0.1, 0.15) is 12.4 Å². The van der Waals surface area contributed by atoms with Crippen LogP contribution in [0, 0.1) is 0 Å². The van der Waals surface area contributed by atoms with Gasteiger partial charge in [0.2, 0.25) is 0 Å². The molecular formula is C20H20N2O4. The molecule has 3 rings (SSSR count). The molecule has 1 aromatic heterocycles. The van der Waals surface area contributed by atoms with Crippen LogP contribution in [-0.4, -0.2) is 16.1 Å². The maximum Gasteiger partial charge on any atom is 0.338 e. The van der Waals surface area contributed by atoms with Crippen LogP contribution in [0.5, 0.6) is 5.75 Å². The predicted octanol–water partition coefficient (Wildman–Crippen LogP) is 3.96. The highest BCUT2D eigenvalue weighted by atomic mass is 16.6. The van der Waals surface area contributed by atoms with E-state index in [9.17, 15) is 4.79 Å². The molecule has 0 spiro atoms. The van der Waals surface area contributed by atoms with E-state index < -0.39 is 5.97 Å². The maximum atomic E-state index is 12.1. The van der Waals surface area contributed by atoms with Crippen molar-refractivity contribution in [2.45, 2.75) is 33.0 Å². The second kappa shape index (κ2) is 8.80. The van der Waals surface area contributed by atoms with Gasteiger partial charge in [-0.25, -0.2) is 4.79 Å². The van der Waals surface area contributed by atoms with Crippen LogP contribution < -0.4 is 4.74 Å². The molecule has 0 aliphatic rings. The van der Waals surface area contributed by atoms with Gasteiger partial charge in [0.15, 0.2) is 12.4 Å². The maximum absolute atomic E-state index is 12.1. The Hall–Kier alpha value is -3.15. The molecule has 0 aliphatic carbocycles. The number of aromatic nitrogens is 2. The minimum atomic E-state index is -0.449. The van der Waals surface area contributed by atoms with Crippen molar-refractivity contribution in [1.82, 2.24) is 10.1 Å². The Morgan fingerprint density at radius 1 is 1.04 bits per heavy atom. The molecule has 26 heavy (non-hydrogen) atoms. The van der Waals surface area contributed by atoms with Gasteiger partial charge in [-0.2, -0.15) is 4.98 Å². The summed E-state index contributed by atoms with van der Waals surface area (Å²) in [6.07, 6.45) is 1.67. The standard InChI is InChI=1S/C20H20N2O4/c1-2-6-18-21-19(26-22-18)14-25-20(23)16-9-11-17(12-10-16)24-13-15-7-4-3-5-8-15/h3-5,7-12H,2,6,13-14H2,1H3. The van der Waals surface area contributed by atoms with Gasteiger partial charge >= 0.3 is 5.97 Å². The number of carbonyl (C=O) groups is 1. The van der Waals surface area contributed by atoms with E-state index in [-0.39, 0.29) is 6.61 Å². The number of nitrogens with zero attached hydrogens (tertiary/aromatic N) is 2. The van der Waals surface area contributed by atoms with E-state index in [1.165, 1.54) is 0 Å². The first-order valence-electron chi connectivity index (χ1n) is 8.50. The Bertz CT molecular complexity index is 829. The number of ether oxygens (including phenoxy) is 2. The Morgan fingerprint density at radius 2 is 1.81 bits per heavy atom. The normalized spacial score (nSPS) is 10.5. The summed E-state index contributed by atoms with van der Waals surface area (Å²) in [5.74, 6) is 1.16. The number of carbonyl (C=O) groups excluding carboxylic acids is 1. The summed E-state index contributed by atoms with van der Waals surface area (Å²) in [5, 5.41) is 3.82. The van der Waals surface area contributed by atoms with Crippen molar-refractivity contribution < 1.29 is 18.8 Å². The molecule has 134 valence electrons. The van der Waals surface area contributed by atoms with Crippen molar-refractivity contribution in [2.75, 3.05) is 0 Å². The van der Waals surface area contributed by atoms with E-state index in [2.05, 4.69) is 10.1 Å². The molecule has 0 atom stereocenters. The van der Waals surface area contributed by atoms with Crippen molar-refractivity contribution in [2.24, 2.45) is 0 Å². The molecule has 6 nitrogen and oxygen atoms in total. The van der Waals surface area contributed by atoms with Gasteiger partial charge in [-0.15, -0.1) is 0 Å². The molecule has 0 bridgehead atoms. The fraction of sp³-hybridized carbons (Fsp3) is 0.250. The third kappa shape index (κ3) is 4.92. The summed E-state index contributed by atoms with van der Waals surface area (Å²) in [4.78, 5) is 16.2. The monoisotopic (exact) mass is 352 g/mol. The molecule has 0 N–H and O–H groups in total. The fourth-order valence-electron chi connectivity index (χ4n) is 2.31. The topological polar surface area (TPSA) is 74.5 Å². The zero-order valence-corrected chi connectivity index (χ0v) is 14.6. The third-order valence-corrected chi connectivity index (χ3v) is 3.65. The Balaban J connectivity index is 1.49. The molecule has 3 aromatic rings. The number of aryl methyl sites for hydroxylation is 1. The molecule has 1 heterocycles. The van der Waals surface area contributed by atoms with Gasteiger partial charge in [0.25, 0.3) is 5.89 Å². The van der Waals surface area contributed by atoms with Crippen LogP contribution in [0.3, 0.4) is 0 Å². The van der Waals surface area contributed by atoms with E-state index in [0.29, 0.717) is 29.6 Å². The first-order valence-corrected chi connectivity index (χ1v) is 8.50. The second-order valence-corrected chi connectivity index (χ2v) is 5.73. The molecule has 0 saturated heterocycles. The highest BCUT2D eigenvalue weighted by Crippen LogP contribution is 2.15. The molecule has 0 radical (unpaired) electrons. The van der Waals surface area contributed by atoms with E-state index in [4.69, 9.17) is 14.0 Å². The van der Waals surface area contributed by atoms with Crippen molar-refractivity contribution in [1.29, 1.82) is 0 Å². The highest BCUT2D eigenvalue weighted by Gasteiger charge is 2.11. The lowest BCUT2D eigenvalue weighted by atomic mass is 10.2.